The highest BCUT2D eigenvalue weighted by atomic mass is 16.6. The second kappa shape index (κ2) is 7.24. The average molecular weight is 268 g/mol. The monoisotopic (exact) mass is 268 g/mol. The zero-order valence-corrected chi connectivity index (χ0v) is 12.1. The second-order valence-corrected chi connectivity index (χ2v) is 6.06. The number of hydrogen-bond acceptors (Lipinski definition) is 3. The molecule has 0 saturated heterocycles. The first-order chi connectivity index (χ1) is 8.92. The van der Waals surface area contributed by atoms with Gasteiger partial charge in [-0.05, 0) is 45.1 Å². The van der Waals surface area contributed by atoms with Crippen LogP contribution in [-0.4, -0.2) is 24.3 Å². The lowest BCUT2D eigenvalue weighted by molar-refractivity contribution is 0.0480. The molecule has 0 unspecified atom stereocenters. The molecule has 0 aromatic carbocycles. The van der Waals surface area contributed by atoms with E-state index < -0.39 is 11.7 Å². The van der Waals surface area contributed by atoms with Crippen LogP contribution in [0.2, 0.25) is 0 Å². The Morgan fingerprint density at radius 1 is 1.42 bits per heavy atom. The third kappa shape index (κ3) is 6.34. The van der Waals surface area contributed by atoms with Crippen molar-refractivity contribution in [3.63, 3.8) is 0 Å². The van der Waals surface area contributed by atoms with Crippen molar-refractivity contribution in [1.29, 1.82) is 0 Å². The largest absolute Gasteiger partial charge is 0.444 e. The Balaban J connectivity index is 2.57. The van der Waals surface area contributed by atoms with Crippen LogP contribution in [0.1, 0.15) is 52.9 Å². The maximum atomic E-state index is 11.8. The molecule has 1 aliphatic rings. The number of carbonyl (C=O) groups excluding carboxylic acids is 1. The normalized spacial score (nSPS) is 18.3. The standard InChI is InChI=1S/C13H24N4O2/c1-13(2,3)19-12(18)16-11(9-15-17-14)10-7-5-4-6-8-10/h10-11H,4-9H2,1-3H3,(H,16,18)/t11-/m0/s1. The topological polar surface area (TPSA) is 87.1 Å². The van der Waals surface area contributed by atoms with E-state index in [1.807, 2.05) is 20.8 Å². The van der Waals surface area contributed by atoms with Gasteiger partial charge in [-0.1, -0.05) is 24.4 Å². The predicted molar refractivity (Wildman–Crippen MR) is 73.7 cm³/mol. The highest BCUT2D eigenvalue weighted by Crippen LogP contribution is 2.27. The number of amides is 1. The van der Waals surface area contributed by atoms with Crippen molar-refractivity contribution in [2.24, 2.45) is 11.0 Å². The molecule has 0 aromatic rings. The Bertz CT molecular complexity index is 339. The molecule has 19 heavy (non-hydrogen) atoms. The van der Waals surface area contributed by atoms with E-state index in [4.69, 9.17) is 10.3 Å². The second-order valence-electron chi connectivity index (χ2n) is 6.06. The molecule has 0 bridgehead atoms. The summed E-state index contributed by atoms with van der Waals surface area (Å²) in [5.41, 5.74) is 7.93. The SMILES string of the molecule is CC(C)(C)OC(=O)N[C@@H](CN=[N+]=[N-])C1CCCCC1. The lowest BCUT2D eigenvalue weighted by Gasteiger charge is -2.30. The van der Waals surface area contributed by atoms with E-state index >= 15 is 0 Å². The Kier molecular flexibility index (Phi) is 5.96. The van der Waals surface area contributed by atoms with Gasteiger partial charge in [-0.3, -0.25) is 0 Å². The summed E-state index contributed by atoms with van der Waals surface area (Å²) in [6, 6.07) is -0.119. The zero-order chi connectivity index (χ0) is 14.3. The van der Waals surface area contributed by atoms with Gasteiger partial charge in [0.1, 0.15) is 5.60 Å². The zero-order valence-electron chi connectivity index (χ0n) is 12.1. The third-order valence-electron chi connectivity index (χ3n) is 3.26. The van der Waals surface area contributed by atoms with Crippen LogP contribution in [0.15, 0.2) is 5.11 Å². The highest BCUT2D eigenvalue weighted by Gasteiger charge is 2.26. The van der Waals surface area contributed by atoms with E-state index in [0.29, 0.717) is 12.5 Å². The molecule has 0 aliphatic heterocycles. The van der Waals surface area contributed by atoms with Crippen molar-refractivity contribution < 1.29 is 9.53 Å². The van der Waals surface area contributed by atoms with Gasteiger partial charge in [-0.2, -0.15) is 0 Å². The Morgan fingerprint density at radius 3 is 2.58 bits per heavy atom. The van der Waals surface area contributed by atoms with Crippen molar-refractivity contribution in [3.8, 4) is 0 Å². The van der Waals surface area contributed by atoms with Crippen molar-refractivity contribution >= 4 is 6.09 Å². The Morgan fingerprint density at radius 2 is 2.05 bits per heavy atom. The number of hydrogen-bond donors (Lipinski definition) is 1. The summed E-state index contributed by atoms with van der Waals surface area (Å²) in [5, 5.41) is 6.46. The van der Waals surface area contributed by atoms with E-state index in [9.17, 15) is 4.79 Å². The number of ether oxygens (including phenoxy) is 1. The fourth-order valence-corrected chi connectivity index (χ4v) is 2.43. The number of nitrogens with one attached hydrogen (secondary N) is 1. The van der Waals surface area contributed by atoms with Crippen molar-refractivity contribution in [1.82, 2.24) is 5.32 Å². The third-order valence-corrected chi connectivity index (χ3v) is 3.26. The highest BCUT2D eigenvalue weighted by molar-refractivity contribution is 5.68. The summed E-state index contributed by atoms with van der Waals surface area (Å²) in [5.74, 6) is 0.381. The quantitative estimate of drug-likeness (QED) is 0.478. The smallest absolute Gasteiger partial charge is 0.407 e. The number of azide groups is 1. The summed E-state index contributed by atoms with van der Waals surface area (Å²) in [6.45, 7) is 5.78. The maximum absolute atomic E-state index is 11.8. The summed E-state index contributed by atoms with van der Waals surface area (Å²) >= 11 is 0. The van der Waals surface area contributed by atoms with E-state index in [-0.39, 0.29) is 6.04 Å². The van der Waals surface area contributed by atoms with Gasteiger partial charge in [0.05, 0.1) is 0 Å². The molecule has 108 valence electrons. The molecule has 1 saturated carbocycles. The molecule has 1 amide bonds. The van der Waals surface area contributed by atoms with Crippen LogP contribution in [0.5, 0.6) is 0 Å². The first-order valence-electron chi connectivity index (χ1n) is 6.93. The Hall–Kier alpha value is -1.42. The van der Waals surface area contributed by atoms with E-state index in [2.05, 4.69) is 15.3 Å². The summed E-state index contributed by atoms with van der Waals surface area (Å²) in [6.07, 6.45) is 5.30. The van der Waals surface area contributed by atoms with Crippen LogP contribution >= 0.6 is 0 Å². The maximum Gasteiger partial charge on any atom is 0.407 e. The molecule has 1 rings (SSSR count). The van der Waals surface area contributed by atoms with Crippen LogP contribution in [0, 0.1) is 5.92 Å². The molecular weight excluding hydrogens is 244 g/mol. The van der Waals surface area contributed by atoms with Crippen molar-refractivity contribution in [2.75, 3.05) is 6.54 Å². The molecule has 0 aromatic heterocycles. The molecule has 0 radical (unpaired) electrons. The predicted octanol–water partition coefficient (Wildman–Crippen LogP) is 3.77. The van der Waals surface area contributed by atoms with Gasteiger partial charge in [0.2, 0.25) is 0 Å². The molecule has 6 nitrogen and oxygen atoms in total. The first-order valence-corrected chi connectivity index (χ1v) is 6.93. The summed E-state index contributed by atoms with van der Waals surface area (Å²) in [7, 11) is 0. The minimum atomic E-state index is -0.514. The number of nitrogens with zero attached hydrogens (tertiary/aromatic N) is 3. The van der Waals surface area contributed by atoms with Crippen LogP contribution < -0.4 is 5.32 Å². The number of alkyl carbamates (subject to hydrolysis) is 1. The van der Waals surface area contributed by atoms with E-state index in [1.54, 1.807) is 0 Å². The molecule has 0 heterocycles. The molecule has 6 heteroatoms. The van der Waals surface area contributed by atoms with Gasteiger partial charge >= 0.3 is 6.09 Å². The molecular formula is C13H24N4O2. The van der Waals surface area contributed by atoms with Gasteiger partial charge < -0.3 is 10.1 Å². The van der Waals surface area contributed by atoms with E-state index in [1.165, 1.54) is 19.3 Å². The Labute approximate surface area is 114 Å². The minimum absolute atomic E-state index is 0.119. The summed E-state index contributed by atoms with van der Waals surface area (Å²) < 4.78 is 5.25. The van der Waals surface area contributed by atoms with Gasteiger partial charge in [-0.25, -0.2) is 4.79 Å². The minimum Gasteiger partial charge on any atom is -0.444 e. The van der Waals surface area contributed by atoms with Crippen LogP contribution in [0.4, 0.5) is 4.79 Å². The number of carbonyl (C=O) groups is 1. The van der Waals surface area contributed by atoms with Crippen LogP contribution in [0.25, 0.3) is 10.4 Å². The molecule has 1 aliphatic carbocycles. The average Bonchev–Trinajstić information content (AvgIpc) is 2.33. The van der Waals surface area contributed by atoms with Crippen LogP contribution in [0.3, 0.4) is 0 Å². The lowest BCUT2D eigenvalue weighted by atomic mass is 9.84. The molecule has 1 atom stereocenters. The van der Waals surface area contributed by atoms with Gasteiger partial charge in [0.25, 0.3) is 0 Å². The van der Waals surface area contributed by atoms with Crippen molar-refractivity contribution in [3.05, 3.63) is 10.4 Å². The molecule has 0 spiro atoms. The molecule has 1 N–H and O–H groups in total. The van der Waals surface area contributed by atoms with Gasteiger partial charge in [0.15, 0.2) is 0 Å². The fraction of sp³-hybridized carbons (Fsp3) is 0.923. The van der Waals surface area contributed by atoms with E-state index in [0.717, 1.165) is 12.8 Å². The lowest BCUT2D eigenvalue weighted by Crippen LogP contribution is -2.45. The molecule has 1 fully saturated rings. The fourth-order valence-electron chi connectivity index (χ4n) is 2.43. The van der Waals surface area contributed by atoms with Crippen molar-refractivity contribution in [2.45, 2.75) is 64.5 Å². The van der Waals surface area contributed by atoms with Gasteiger partial charge in [0, 0.05) is 17.5 Å². The van der Waals surface area contributed by atoms with Gasteiger partial charge in [-0.15, -0.1) is 0 Å². The first kappa shape index (κ1) is 15.6. The van der Waals surface area contributed by atoms with Crippen LogP contribution in [-0.2, 0) is 4.74 Å². The number of rotatable bonds is 4. The summed E-state index contributed by atoms with van der Waals surface area (Å²) in [4.78, 5) is 14.6.